The van der Waals surface area contributed by atoms with Crippen LogP contribution in [0, 0.1) is 0 Å². The van der Waals surface area contributed by atoms with Crippen molar-refractivity contribution >= 4 is 5.97 Å². The molecule has 3 nitrogen and oxygen atoms in total. The van der Waals surface area contributed by atoms with Crippen LogP contribution in [-0.2, 0) is 9.53 Å². The van der Waals surface area contributed by atoms with Gasteiger partial charge in [-0.25, -0.2) is 0 Å². The lowest BCUT2D eigenvalue weighted by Gasteiger charge is -2.30. The molecule has 0 saturated heterocycles. The van der Waals surface area contributed by atoms with Crippen molar-refractivity contribution in [1.82, 2.24) is 4.90 Å². The Bertz CT molecular complexity index is 412. The molecule has 1 saturated carbocycles. The van der Waals surface area contributed by atoms with Crippen molar-refractivity contribution in [3.8, 4) is 0 Å². The van der Waals surface area contributed by atoms with Crippen LogP contribution >= 0.6 is 0 Å². The fraction of sp³-hybridized carbons (Fsp3) is 0.588. The first-order valence-electron chi connectivity index (χ1n) is 7.63. The maximum atomic E-state index is 12.1. The van der Waals surface area contributed by atoms with Crippen molar-refractivity contribution in [3.05, 3.63) is 35.9 Å². The summed E-state index contributed by atoms with van der Waals surface area (Å²) < 4.78 is 5.01. The number of nitrogens with zero attached hydrogens (tertiary/aromatic N) is 1. The summed E-state index contributed by atoms with van der Waals surface area (Å²) in [5, 5.41) is 0. The Morgan fingerprint density at radius 1 is 1.30 bits per heavy atom. The van der Waals surface area contributed by atoms with E-state index in [0.29, 0.717) is 6.04 Å². The Kier molecular flexibility index (Phi) is 5.60. The zero-order valence-electron chi connectivity index (χ0n) is 12.5. The zero-order chi connectivity index (χ0) is 14.4. The average Bonchev–Trinajstić information content (AvgIpc) is 3.03. The molecule has 2 rings (SSSR count). The molecule has 0 amide bonds. The van der Waals surface area contributed by atoms with E-state index in [4.69, 9.17) is 4.74 Å². The van der Waals surface area contributed by atoms with E-state index in [1.165, 1.54) is 32.8 Å². The molecule has 1 atom stereocenters. The van der Waals surface area contributed by atoms with E-state index >= 15 is 0 Å². The number of esters is 1. The lowest BCUT2D eigenvalue weighted by molar-refractivity contribution is -0.143. The van der Waals surface area contributed by atoms with E-state index in [9.17, 15) is 4.79 Å². The largest absolute Gasteiger partial charge is 0.469 e. The van der Waals surface area contributed by atoms with Gasteiger partial charge in [-0.1, -0.05) is 50.1 Å². The van der Waals surface area contributed by atoms with Gasteiger partial charge in [-0.2, -0.15) is 0 Å². The van der Waals surface area contributed by atoms with Crippen molar-refractivity contribution in [2.24, 2.45) is 0 Å². The molecule has 1 unspecified atom stereocenters. The van der Waals surface area contributed by atoms with Crippen LogP contribution in [-0.4, -0.2) is 37.1 Å². The molecule has 0 bridgehead atoms. The van der Waals surface area contributed by atoms with Gasteiger partial charge in [-0.05, 0) is 24.9 Å². The minimum Gasteiger partial charge on any atom is -0.469 e. The summed E-state index contributed by atoms with van der Waals surface area (Å²) in [5.41, 5.74) is 1.05. The van der Waals surface area contributed by atoms with E-state index < -0.39 is 0 Å². The molecule has 0 radical (unpaired) electrons. The van der Waals surface area contributed by atoms with E-state index in [-0.39, 0.29) is 11.9 Å². The summed E-state index contributed by atoms with van der Waals surface area (Å²) in [7, 11) is 1.48. The van der Waals surface area contributed by atoms with Crippen molar-refractivity contribution in [2.75, 3.05) is 20.2 Å². The molecule has 0 N–H and O–H groups in total. The van der Waals surface area contributed by atoms with Gasteiger partial charge in [0.2, 0.25) is 0 Å². The zero-order valence-corrected chi connectivity index (χ0v) is 12.5. The number of ether oxygens (including phenoxy) is 1. The van der Waals surface area contributed by atoms with Gasteiger partial charge in [0.25, 0.3) is 0 Å². The molecule has 0 heterocycles. The van der Waals surface area contributed by atoms with Crippen LogP contribution < -0.4 is 0 Å². The molecule has 1 fully saturated rings. The molecular weight excluding hydrogens is 250 g/mol. The molecule has 110 valence electrons. The van der Waals surface area contributed by atoms with Crippen LogP contribution in [0.5, 0.6) is 0 Å². The average molecular weight is 275 g/mol. The fourth-order valence-electron chi connectivity index (χ4n) is 3.18. The van der Waals surface area contributed by atoms with Crippen LogP contribution in [0.15, 0.2) is 30.3 Å². The first-order valence-corrected chi connectivity index (χ1v) is 7.63. The first kappa shape index (κ1) is 15.0. The molecular formula is C17H25NO2. The third kappa shape index (κ3) is 3.60. The normalized spacial score (nSPS) is 17.4. The Balaban J connectivity index is 2.12. The highest BCUT2D eigenvalue weighted by molar-refractivity contribution is 5.78. The standard InChI is InChI=1S/C17H25NO2/c1-3-18(15-11-7-8-12-15)13-16(17(19)20-2)14-9-5-4-6-10-14/h4-6,9-10,15-16H,3,7-8,11-13H2,1-2H3. The van der Waals surface area contributed by atoms with Crippen molar-refractivity contribution < 1.29 is 9.53 Å². The smallest absolute Gasteiger partial charge is 0.314 e. The van der Waals surface area contributed by atoms with Gasteiger partial charge in [0.05, 0.1) is 13.0 Å². The van der Waals surface area contributed by atoms with Gasteiger partial charge < -0.3 is 4.74 Å². The second-order valence-electron chi connectivity index (χ2n) is 5.51. The van der Waals surface area contributed by atoms with E-state index in [2.05, 4.69) is 11.8 Å². The second-order valence-corrected chi connectivity index (χ2v) is 5.51. The Morgan fingerprint density at radius 2 is 1.95 bits per heavy atom. The fourth-order valence-corrected chi connectivity index (χ4v) is 3.18. The van der Waals surface area contributed by atoms with Gasteiger partial charge >= 0.3 is 5.97 Å². The van der Waals surface area contributed by atoms with Crippen molar-refractivity contribution in [2.45, 2.75) is 44.6 Å². The molecule has 3 heteroatoms. The van der Waals surface area contributed by atoms with Crippen LogP contribution in [0.4, 0.5) is 0 Å². The van der Waals surface area contributed by atoms with Crippen molar-refractivity contribution in [3.63, 3.8) is 0 Å². The van der Waals surface area contributed by atoms with E-state index in [1.807, 2.05) is 30.3 Å². The minimum atomic E-state index is -0.179. The number of carbonyl (C=O) groups is 1. The van der Waals surface area contributed by atoms with Gasteiger partial charge in [0.1, 0.15) is 0 Å². The van der Waals surface area contributed by atoms with Gasteiger partial charge in [0.15, 0.2) is 0 Å². The maximum absolute atomic E-state index is 12.1. The second kappa shape index (κ2) is 7.44. The molecule has 0 aliphatic heterocycles. The SMILES string of the molecule is CCN(CC(C(=O)OC)c1ccccc1)C1CCCC1. The molecule has 1 aliphatic rings. The monoisotopic (exact) mass is 275 g/mol. The summed E-state index contributed by atoms with van der Waals surface area (Å²) in [4.78, 5) is 14.6. The Morgan fingerprint density at radius 3 is 2.50 bits per heavy atom. The van der Waals surface area contributed by atoms with Gasteiger partial charge in [0, 0.05) is 12.6 Å². The number of hydrogen-bond donors (Lipinski definition) is 0. The predicted molar refractivity (Wildman–Crippen MR) is 80.7 cm³/mol. The van der Waals surface area contributed by atoms with Gasteiger partial charge in [-0.15, -0.1) is 0 Å². The lowest BCUT2D eigenvalue weighted by atomic mass is 9.97. The molecule has 20 heavy (non-hydrogen) atoms. The number of hydrogen-bond acceptors (Lipinski definition) is 3. The Labute approximate surface area is 121 Å². The number of methoxy groups -OCH3 is 1. The van der Waals surface area contributed by atoms with Gasteiger partial charge in [-0.3, -0.25) is 9.69 Å². The Hall–Kier alpha value is -1.35. The quantitative estimate of drug-likeness (QED) is 0.747. The summed E-state index contributed by atoms with van der Waals surface area (Å²) in [5.74, 6) is -0.311. The number of carbonyl (C=O) groups excluding carboxylic acids is 1. The van der Waals surface area contributed by atoms with Crippen LogP contribution in [0.25, 0.3) is 0 Å². The van der Waals surface area contributed by atoms with E-state index in [0.717, 1.165) is 18.7 Å². The first-order chi connectivity index (χ1) is 9.76. The number of rotatable bonds is 6. The topological polar surface area (TPSA) is 29.5 Å². The lowest BCUT2D eigenvalue weighted by Crippen LogP contribution is -2.38. The summed E-state index contributed by atoms with van der Waals surface area (Å²) >= 11 is 0. The minimum absolute atomic E-state index is 0.132. The van der Waals surface area contributed by atoms with Crippen molar-refractivity contribution in [1.29, 1.82) is 0 Å². The summed E-state index contributed by atoms with van der Waals surface area (Å²) in [6.45, 7) is 3.93. The van der Waals surface area contributed by atoms with Crippen LogP contribution in [0.1, 0.15) is 44.1 Å². The summed E-state index contributed by atoms with van der Waals surface area (Å²) in [6.07, 6.45) is 5.15. The molecule has 1 aromatic carbocycles. The highest BCUT2D eigenvalue weighted by atomic mass is 16.5. The molecule has 0 spiro atoms. The predicted octanol–water partition coefficient (Wildman–Crippen LogP) is 3.21. The number of benzene rings is 1. The third-order valence-corrected chi connectivity index (χ3v) is 4.35. The van der Waals surface area contributed by atoms with E-state index in [1.54, 1.807) is 0 Å². The third-order valence-electron chi connectivity index (χ3n) is 4.35. The number of likely N-dealkylation sites (N-methyl/N-ethyl adjacent to an activating group) is 1. The molecule has 1 aromatic rings. The molecule has 0 aromatic heterocycles. The summed E-state index contributed by atoms with van der Waals surface area (Å²) in [6, 6.07) is 10.6. The maximum Gasteiger partial charge on any atom is 0.314 e. The molecule has 1 aliphatic carbocycles. The van der Waals surface area contributed by atoms with Crippen LogP contribution in [0.2, 0.25) is 0 Å². The van der Waals surface area contributed by atoms with Crippen LogP contribution in [0.3, 0.4) is 0 Å². The highest BCUT2D eigenvalue weighted by Gasteiger charge is 2.28. The highest BCUT2D eigenvalue weighted by Crippen LogP contribution is 2.26.